The lowest BCUT2D eigenvalue weighted by molar-refractivity contribution is -0.141. The molecule has 2 heterocycles. The molecule has 9 heteroatoms. The second-order valence-corrected chi connectivity index (χ2v) is 6.17. The molecule has 20 heavy (non-hydrogen) atoms. The predicted molar refractivity (Wildman–Crippen MR) is 75.1 cm³/mol. The number of sulfonamides is 1. The van der Waals surface area contributed by atoms with Crippen molar-refractivity contribution >= 4 is 28.4 Å². The summed E-state index contributed by atoms with van der Waals surface area (Å²) < 4.78 is 25.6. The Balaban J connectivity index is 0.00000200. The molecule has 1 aromatic heterocycles. The van der Waals surface area contributed by atoms with Crippen molar-refractivity contribution in [1.29, 1.82) is 0 Å². The molecule has 0 spiro atoms. The van der Waals surface area contributed by atoms with E-state index in [0.717, 1.165) is 4.31 Å². The third-order valence-corrected chi connectivity index (χ3v) is 4.71. The molecule has 7 nitrogen and oxygen atoms in total. The molecule has 2 N–H and O–H groups in total. The van der Waals surface area contributed by atoms with Crippen LogP contribution in [0.2, 0.25) is 0 Å². The van der Waals surface area contributed by atoms with Crippen LogP contribution in [0.4, 0.5) is 0 Å². The van der Waals surface area contributed by atoms with E-state index in [0.29, 0.717) is 12.2 Å². The van der Waals surface area contributed by atoms with E-state index < -0.39 is 22.0 Å². The van der Waals surface area contributed by atoms with Crippen LogP contribution >= 0.6 is 12.4 Å². The van der Waals surface area contributed by atoms with E-state index in [1.165, 1.54) is 6.20 Å². The Morgan fingerprint density at radius 2 is 2.25 bits per heavy atom. The number of carboxylic acids is 1. The summed E-state index contributed by atoms with van der Waals surface area (Å²) in [5.74, 6) is -1.42. The van der Waals surface area contributed by atoms with Crippen molar-refractivity contribution in [3.8, 4) is 0 Å². The molecule has 1 aliphatic rings. The number of hydrogen-bond acceptors (Lipinski definition) is 5. The topological polar surface area (TPSA) is 99.6 Å². The highest BCUT2D eigenvalue weighted by Gasteiger charge is 2.36. The van der Waals surface area contributed by atoms with E-state index in [-0.39, 0.29) is 31.2 Å². The lowest BCUT2D eigenvalue weighted by atomic mass is 10.2. The quantitative estimate of drug-likeness (QED) is 0.789. The number of aliphatic carboxylic acids is 1. The molecule has 1 unspecified atom stereocenters. The Morgan fingerprint density at radius 1 is 1.50 bits per heavy atom. The van der Waals surface area contributed by atoms with E-state index in [2.05, 4.69) is 10.3 Å². The van der Waals surface area contributed by atoms with E-state index in [9.17, 15) is 13.2 Å². The van der Waals surface area contributed by atoms with Crippen LogP contribution in [0.3, 0.4) is 0 Å². The third kappa shape index (κ3) is 3.89. The van der Waals surface area contributed by atoms with Gasteiger partial charge in [0.05, 0.1) is 5.69 Å². The molecule has 0 radical (unpaired) electrons. The number of nitrogens with zero attached hydrogens (tertiary/aromatic N) is 2. The highest BCUT2D eigenvalue weighted by Crippen LogP contribution is 2.14. The molecule has 0 bridgehead atoms. The Labute approximate surface area is 123 Å². The van der Waals surface area contributed by atoms with Gasteiger partial charge in [0.1, 0.15) is 11.8 Å². The summed E-state index contributed by atoms with van der Waals surface area (Å²) in [6.45, 7) is 0.730. The summed E-state index contributed by atoms with van der Waals surface area (Å²) in [7, 11) is -3.68. The van der Waals surface area contributed by atoms with Crippen molar-refractivity contribution in [2.75, 3.05) is 19.6 Å². The van der Waals surface area contributed by atoms with Crippen LogP contribution in [0, 0.1) is 0 Å². The van der Waals surface area contributed by atoms with Gasteiger partial charge in [-0.2, -0.15) is 4.31 Å². The highest BCUT2D eigenvalue weighted by atomic mass is 35.5. The minimum atomic E-state index is -3.68. The normalized spacial score (nSPS) is 20.1. The number of carbonyl (C=O) groups is 1. The zero-order valence-electron chi connectivity index (χ0n) is 10.6. The van der Waals surface area contributed by atoms with Gasteiger partial charge in [-0.15, -0.1) is 12.4 Å². The predicted octanol–water partition coefficient (Wildman–Crippen LogP) is -0.308. The first-order valence-corrected chi connectivity index (χ1v) is 7.44. The van der Waals surface area contributed by atoms with Gasteiger partial charge >= 0.3 is 5.97 Å². The third-order valence-electron chi connectivity index (χ3n) is 2.89. The molecular weight excluding hydrogens is 306 g/mol. The summed E-state index contributed by atoms with van der Waals surface area (Å²) in [6, 6.07) is 3.95. The zero-order chi connectivity index (χ0) is 13.9. The average Bonchev–Trinajstić information content (AvgIpc) is 2.39. The number of halogens is 1. The first-order valence-electron chi connectivity index (χ1n) is 5.83. The summed E-state index contributed by atoms with van der Waals surface area (Å²) in [4.78, 5) is 15.1. The van der Waals surface area contributed by atoms with Gasteiger partial charge in [0.2, 0.25) is 10.0 Å². The minimum Gasteiger partial charge on any atom is -0.480 e. The smallest absolute Gasteiger partial charge is 0.323 e. The van der Waals surface area contributed by atoms with Crippen molar-refractivity contribution in [3.05, 3.63) is 30.1 Å². The van der Waals surface area contributed by atoms with Crippen LogP contribution in [-0.4, -0.2) is 54.5 Å². The van der Waals surface area contributed by atoms with Gasteiger partial charge < -0.3 is 10.4 Å². The minimum absolute atomic E-state index is 0. The zero-order valence-corrected chi connectivity index (χ0v) is 12.2. The van der Waals surface area contributed by atoms with Crippen molar-refractivity contribution in [2.45, 2.75) is 11.8 Å². The van der Waals surface area contributed by atoms with Crippen molar-refractivity contribution in [3.63, 3.8) is 0 Å². The number of aromatic nitrogens is 1. The fourth-order valence-electron chi connectivity index (χ4n) is 1.98. The molecule has 1 aromatic rings. The summed E-state index contributed by atoms with van der Waals surface area (Å²) >= 11 is 0. The first-order chi connectivity index (χ1) is 9.00. The number of piperazine rings is 1. The van der Waals surface area contributed by atoms with Gasteiger partial charge in [0.15, 0.2) is 0 Å². The Bertz CT molecular complexity index is 552. The maximum atomic E-state index is 12.3. The fourth-order valence-corrected chi connectivity index (χ4v) is 3.61. The first kappa shape index (κ1) is 16.8. The molecule has 1 fully saturated rings. The van der Waals surface area contributed by atoms with Crippen LogP contribution < -0.4 is 5.32 Å². The van der Waals surface area contributed by atoms with E-state index in [1.807, 2.05) is 0 Å². The van der Waals surface area contributed by atoms with E-state index in [1.54, 1.807) is 18.2 Å². The summed E-state index contributed by atoms with van der Waals surface area (Å²) in [5, 5.41) is 12.0. The van der Waals surface area contributed by atoms with Crippen molar-refractivity contribution in [2.24, 2.45) is 0 Å². The van der Waals surface area contributed by atoms with Gasteiger partial charge in [0, 0.05) is 25.8 Å². The molecule has 2 rings (SSSR count). The largest absolute Gasteiger partial charge is 0.480 e. The van der Waals surface area contributed by atoms with Gasteiger partial charge in [-0.25, -0.2) is 8.42 Å². The van der Waals surface area contributed by atoms with Crippen LogP contribution in [0.15, 0.2) is 24.4 Å². The van der Waals surface area contributed by atoms with Gasteiger partial charge in [-0.05, 0) is 12.1 Å². The second-order valence-electron chi connectivity index (χ2n) is 4.25. The Hall–Kier alpha value is -1.22. The molecule has 1 aliphatic heterocycles. The van der Waals surface area contributed by atoms with Crippen LogP contribution in [0.5, 0.6) is 0 Å². The lowest BCUT2D eigenvalue weighted by Gasteiger charge is -2.32. The Kier molecular flexibility index (Phi) is 5.88. The number of rotatable bonds is 4. The van der Waals surface area contributed by atoms with Gasteiger partial charge in [0.25, 0.3) is 0 Å². The molecule has 1 atom stereocenters. The van der Waals surface area contributed by atoms with Crippen molar-refractivity contribution < 1.29 is 18.3 Å². The summed E-state index contributed by atoms with van der Waals surface area (Å²) in [6.07, 6.45) is 1.51. The molecular formula is C11H16ClN3O4S. The SMILES string of the molecule is Cl.O=C(O)C1CNCCN1S(=O)(=O)Cc1ccccn1. The van der Waals surface area contributed by atoms with Crippen LogP contribution in [0.1, 0.15) is 5.69 Å². The molecule has 0 saturated carbocycles. The van der Waals surface area contributed by atoms with Crippen molar-refractivity contribution in [1.82, 2.24) is 14.6 Å². The Morgan fingerprint density at radius 3 is 2.85 bits per heavy atom. The average molecular weight is 322 g/mol. The molecule has 0 aromatic carbocycles. The lowest BCUT2D eigenvalue weighted by Crippen LogP contribution is -2.57. The van der Waals surface area contributed by atoms with Crippen LogP contribution in [0.25, 0.3) is 0 Å². The standard InChI is InChI=1S/C11H15N3O4S.ClH/c15-11(16)10-7-12-5-6-14(10)19(17,18)8-9-3-1-2-4-13-9;/h1-4,10,12H,5-8H2,(H,15,16);1H. The van der Waals surface area contributed by atoms with Crippen LogP contribution in [-0.2, 0) is 20.6 Å². The molecule has 0 amide bonds. The van der Waals surface area contributed by atoms with E-state index in [4.69, 9.17) is 5.11 Å². The van der Waals surface area contributed by atoms with E-state index >= 15 is 0 Å². The van der Waals surface area contributed by atoms with Gasteiger partial charge in [-0.1, -0.05) is 6.07 Å². The maximum absolute atomic E-state index is 12.3. The number of hydrogen-bond donors (Lipinski definition) is 2. The number of pyridine rings is 1. The number of carboxylic acid groups (broad SMARTS) is 1. The van der Waals surface area contributed by atoms with Gasteiger partial charge in [-0.3, -0.25) is 9.78 Å². The molecule has 112 valence electrons. The second kappa shape index (κ2) is 6.98. The monoisotopic (exact) mass is 321 g/mol. The molecule has 1 saturated heterocycles. The maximum Gasteiger partial charge on any atom is 0.323 e. The molecule has 0 aliphatic carbocycles. The summed E-state index contributed by atoms with van der Waals surface area (Å²) in [5.41, 5.74) is 0.408. The highest BCUT2D eigenvalue weighted by molar-refractivity contribution is 7.88. The number of nitrogens with one attached hydrogen (secondary N) is 1. The fraction of sp³-hybridized carbons (Fsp3) is 0.455.